The molecule has 0 aromatic heterocycles. The fraction of sp³-hybridized carbons (Fsp3) is 0.732. The number of aliphatic hydroxyl groups excluding tert-OH is 1. The smallest absolute Gasteiger partial charge is 0.338 e. The van der Waals surface area contributed by atoms with Gasteiger partial charge in [0.15, 0.2) is 0 Å². The van der Waals surface area contributed by atoms with Crippen LogP contribution in [0.5, 0.6) is 0 Å². The summed E-state index contributed by atoms with van der Waals surface area (Å²) in [4.78, 5) is 39.1. The van der Waals surface area contributed by atoms with Crippen molar-refractivity contribution >= 4 is 17.9 Å². The van der Waals surface area contributed by atoms with Crippen LogP contribution in [0.15, 0.2) is 42.0 Å². The van der Waals surface area contributed by atoms with Crippen LogP contribution >= 0.6 is 0 Å². The lowest BCUT2D eigenvalue weighted by molar-refractivity contribution is -0.353. The van der Waals surface area contributed by atoms with Crippen LogP contribution in [0.2, 0.25) is 0 Å². The molecule has 4 aliphatic carbocycles. The van der Waals surface area contributed by atoms with Crippen LogP contribution in [0.3, 0.4) is 0 Å². The largest absolute Gasteiger partial charge is 0.462 e. The summed E-state index contributed by atoms with van der Waals surface area (Å²) in [6.45, 7) is 16.9. The van der Waals surface area contributed by atoms with Crippen LogP contribution in [0.25, 0.3) is 0 Å². The molecule has 1 saturated heterocycles. The summed E-state index contributed by atoms with van der Waals surface area (Å²) in [5.74, 6) is -3.42. The van der Waals surface area contributed by atoms with Gasteiger partial charge in [-0.1, -0.05) is 64.5 Å². The maximum atomic E-state index is 13.4. The van der Waals surface area contributed by atoms with Gasteiger partial charge in [0.2, 0.25) is 5.79 Å². The number of carbonyl (C=O) groups is 3. The van der Waals surface area contributed by atoms with E-state index in [-0.39, 0.29) is 54.1 Å². The number of hydrogen-bond donors (Lipinski definition) is 3. The molecule has 1 aliphatic heterocycles. The summed E-state index contributed by atoms with van der Waals surface area (Å²) in [6, 6.07) is 8.89. The molecule has 0 amide bonds. The average molecular weight is 711 g/mol. The first-order valence-corrected chi connectivity index (χ1v) is 18.7. The SMILES string of the molecule is CC(=O)O[C@H]1C[C@@H](OC(=O)c2ccccc2)C(C)(C)[C@@H]2C[C@@H](OC(C)=O)[C@@]3(C)C4=CC[C@@H]([C@H]5CO[C@](O)(C(C)(C)O)[C@H](O)C5)[C@]4(C)CC[C@@H]3[C@@]12C. The monoisotopic (exact) mass is 710 g/mol. The Morgan fingerprint density at radius 1 is 0.863 bits per heavy atom. The van der Waals surface area contributed by atoms with Gasteiger partial charge in [-0.25, -0.2) is 4.79 Å². The lowest BCUT2D eigenvalue weighted by Gasteiger charge is -2.70. The molecule has 10 heteroatoms. The summed E-state index contributed by atoms with van der Waals surface area (Å²) >= 11 is 0. The van der Waals surface area contributed by atoms with E-state index >= 15 is 0 Å². The maximum absolute atomic E-state index is 13.4. The molecular formula is C41H58O10. The lowest BCUT2D eigenvalue weighted by Crippen LogP contribution is -2.70. The van der Waals surface area contributed by atoms with Crippen molar-refractivity contribution in [3.63, 3.8) is 0 Å². The maximum Gasteiger partial charge on any atom is 0.338 e. The van der Waals surface area contributed by atoms with Gasteiger partial charge in [0, 0.05) is 36.5 Å². The molecule has 0 spiro atoms. The normalized spacial score (nSPS) is 43.1. The minimum Gasteiger partial charge on any atom is -0.462 e. The minimum atomic E-state index is -2.07. The number of ether oxygens (including phenoxy) is 4. The average Bonchev–Trinajstić information content (AvgIpc) is 3.40. The zero-order chi connectivity index (χ0) is 37.5. The number of allylic oxidation sites excluding steroid dienone is 1. The van der Waals surface area contributed by atoms with Crippen LogP contribution in [0, 0.1) is 45.3 Å². The summed E-state index contributed by atoms with van der Waals surface area (Å²) in [5.41, 5.74) is -2.02. The van der Waals surface area contributed by atoms with Crippen molar-refractivity contribution < 1.29 is 48.7 Å². The lowest BCUT2D eigenvalue weighted by atomic mass is 9.36. The van der Waals surface area contributed by atoms with Gasteiger partial charge in [-0.05, 0) is 87.2 Å². The Hall–Kier alpha value is -2.79. The molecule has 282 valence electrons. The highest BCUT2D eigenvalue weighted by Crippen LogP contribution is 2.74. The number of esters is 3. The number of benzene rings is 1. The minimum absolute atomic E-state index is 0.0472. The van der Waals surface area contributed by atoms with Gasteiger partial charge >= 0.3 is 17.9 Å². The van der Waals surface area contributed by atoms with E-state index in [9.17, 15) is 29.7 Å². The van der Waals surface area contributed by atoms with Gasteiger partial charge in [0.05, 0.1) is 12.2 Å². The highest BCUT2D eigenvalue weighted by molar-refractivity contribution is 5.89. The van der Waals surface area contributed by atoms with E-state index < -0.39 is 58.0 Å². The third-order valence-corrected chi connectivity index (χ3v) is 14.6. The van der Waals surface area contributed by atoms with Crippen LogP contribution in [0.4, 0.5) is 0 Å². The molecule has 0 bridgehead atoms. The van der Waals surface area contributed by atoms with Crippen molar-refractivity contribution in [1.82, 2.24) is 0 Å². The standard InChI is InChI=1S/C41H58O10/c1-23(42)49-33-20-30-36(3,4)32(51-35(45)25-13-11-10-12-14-25)21-34(50-24(2)43)40(30,9)29-17-18-38(7)27(15-16-28(38)39(29,33)8)26-19-31(44)41(47,48-22-26)37(5,6)46/h10-14,16,26-27,29-34,44,46-47H,15,17-22H2,1-9H3/t26-,27+,29+,30+,31-,32-,33-,34+,38+,39+,40-,41+/m1/s1. The van der Waals surface area contributed by atoms with Crippen LogP contribution in [0.1, 0.15) is 111 Å². The molecule has 3 saturated carbocycles. The van der Waals surface area contributed by atoms with Gasteiger partial charge in [-0.3, -0.25) is 9.59 Å². The molecule has 0 radical (unpaired) electrons. The Morgan fingerprint density at radius 3 is 2.08 bits per heavy atom. The summed E-state index contributed by atoms with van der Waals surface area (Å²) < 4.78 is 24.8. The van der Waals surface area contributed by atoms with E-state index in [1.165, 1.54) is 33.3 Å². The van der Waals surface area contributed by atoms with E-state index in [0.717, 1.165) is 19.3 Å². The Kier molecular flexibility index (Phi) is 9.43. The molecule has 4 fully saturated rings. The third-order valence-electron chi connectivity index (χ3n) is 14.6. The summed E-state index contributed by atoms with van der Waals surface area (Å²) in [5, 5.41) is 32.8. The van der Waals surface area contributed by atoms with Gasteiger partial charge in [0.1, 0.15) is 30.0 Å². The van der Waals surface area contributed by atoms with Crippen molar-refractivity contribution in [1.29, 1.82) is 0 Å². The molecular weight excluding hydrogens is 652 g/mol. The van der Waals surface area contributed by atoms with Crippen molar-refractivity contribution in [3.8, 4) is 0 Å². The number of carbonyl (C=O) groups excluding carboxylic acids is 3. The second-order valence-electron chi connectivity index (χ2n) is 18.0. The predicted molar refractivity (Wildman–Crippen MR) is 188 cm³/mol. The van der Waals surface area contributed by atoms with Crippen molar-refractivity contribution in [3.05, 3.63) is 47.5 Å². The summed E-state index contributed by atoms with van der Waals surface area (Å²) in [6.07, 6.45) is 2.90. The second kappa shape index (κ2) is 12.7. The van der Waals surface area contributed by atoms with E-state index in [1.54, 1.807) is 24.3 Å². The third kappa shape index (κ3) is 5.78. The Bertz CT molecular complexity index is 1560. The van der Waals surface area contributed by atoms with Crippen LogP contribution in [-0.2, 0) is 28.5 Å². The molecule has 1 heterocycles. The highest BCUT2D eigenvalue weighted by Gasteiger charge is 2.73. The first-order valence-electron chi connectivity index (χ1n) is 18.7. The zero-order valence-corrected chi connectivity index (χ0v) is 31.7. The van der Waals surface area contributed by atoms with Crippen LogP contribution in [-0.4, -0.2) is 75.6 Å². The van der Waals surface area contributed by atoms with Crippen LogP contribution < -0.4 is 0 Å². The topological polar surface area (TPSA) is 149 Å². The Labute approximate surface area is 302 Å². The molecule has 10 nitrogen and oxygen atoms in total. The first kappa shape index (κ1) is 38.0. The number of fused-ring (bicyclic) bond motifs is 5. The highest BCUT2D eigenvalue weighted by atomic mass is 16.7. The Balaban J connectivity index is 1.37. The van der Waals surface area contributed by atoms with Gasteiger partial charge in [-0.2, -0.15) is 0 Å². The fourth-order valence-corrected chi connectivity index (χ4v) is 12.0. The second-order valence-corrected chi connectivity index (χ2v) is 18.0. The fourth-order valence-electron chi connectivity index (χ4n) is 12.0. The molecule has 12 atom stereocenters. The molecule has 0 unspecified atom stereocenters. The van der Waals surface area contributed by atoms with Crippen molar-refractivity contribution in [2.24, 2.45) is 45.3 Å². The quantitative estimate of drug-likeness (QED) is 0.189. The van der Waals surface area contributed by atoms with Gasteiger partial charge in [-0.15, -0.1) is 0 Å². The molecule has 1 aromatic rings. The van der Waals surface area contributed by atoms with Gasteiger partial charge in [0.25, 0.3) is 0 Å². The number of hydrogen-bond acceptors (Lipinski definition) is 10. The van der Waals surface area contributed by atoms with E-state index in [2.05, 4.69) is 40.7 Å². The number of aliphatic hydroxyl groups is 3. The number of rotatable bonds is 6. The predicted octanol–water partition coefficient (Wildman–Crippen LogP) is 5.76. The summed E-state index contributed by atoms with van der Waals surface area (Å²) in [7, 11) is 0. The van der Waals surface area contributed by atoms with E-state index in [0.29, 0.717) is 18.4 Å². The zero-order valence-electron chi connectivity index (χ0n) is 31.7. The first-order chi connectivity index (χ1) is 23.6. The molecule has 6 rings (SSSR count). The molecule has 1 aromatic carbocycles. The van der Waals surface area contributed by atoms with Crippen molar-refractivity contribution in [2.45, 2.75) is 137 Å². The van der Waals surface area contributed by atoms with Gasteiger partial charge < -0.3 is 34.3 Å². The molecule has 51 heavy (non-hydrogen) atoms. The van der Waals surface area contributed by atoms with E-state index in [4.69, 9.17) is 18.9 Å². The Morgan fingerprint density at radius 2 is 1.49 bits per heavy atom. The molecule has 3 N–H and O–H groups in total. The van der Waals surface area contributed by atoms with E-state index in [1.807, 2.05) is 6.07 Å². The van der Waals surface area contributed by atoms with Crippen molar-refractivity contribution in [2.75, 3.05) is 6.61 Å². The molecule has 5 aliphatic rings.